The molecule has 8 nitrogen and oxygen atoms in total. The first kappa shape index (κ1) is 25.4. The molecule has 0 bridgehead atoms. The summed E-state index contributed by atoms with van der Waals surface area (Å²) in [6.45, 7) is 1.01. The van der Waals surface area contributed by atoms with Crippen molar-refractivity contribution >= 4 is 33.3 Å². The van der Waals surface area contributed by atoms with Gasteiger partial charge in [-0.25, -0.2) is 17.6 Å². The molecule has 0 aliphatic heterocycles. The molecule has 0 saturated carbocycles. The van der Waals surface area contributed by atoms with Crippen LogP contribution in [0.1, 0.15) is 22.3 Å². The highest BCUT2D eigenvalue weighted by atomic mass is 32.2. The number of hydrogen-bond donors (Lipinski definition) is 1. The molecule has 1 amide bonds. The second kappa shape index (κ2) is 11.3. The Labute approximate surface area is 202 Å². The van der Waals surface area contributed by atoms with Crippen LogP contribution in [-0.4, -0.2) is 33.4 Å². The molecule has 0 saturated heterocycles. The first-order chi connectivity index (χ1) is 16.7. The number of ether oxygens (including phenoxy) is 1. The van der Waals surface area contributed by atoms with Crippen molar-refractivity contribution in [1.82, 2.24) is 0 Å². The van der Waals surface area contributed by atoms with Gasteiger partial charge in [-0.05, 0) is 55.0 Å². The highest BCUT2D eigenvalue weighted by molar-refractivity contribution is 7.92. The van der Waals surface area contributed by atoms with E-state index in [1.165, 1.54) is 42.5 Å². The molecule has 0 aromatic heterocycles. The molecule has 0 radical (unpaired) electrons. The molecular formula is C25H22FN3O5S. The number of aryl methyl sites for hydroxylation is 1. The van der Waals surface area contributed by atoms with Crippen molar-refractivity contribution in [3.8, 4) is 6.07 Å². The lowest BCUT2D eigenvalue weighted by atomic mass is 10.2. The lowest BCUT2D eigenvalue weighted by molar-refractivity contribution is -0.121. The lowest BCUT2D eigenvalue weighted by Crippen LogP contribution is -2.36. The number of nitrogens with zero attached hydrogens (tertiary/aromatic N) is 2. The number of carbonyl (C=O) groups is 2. The smallest absolute Gasteiger partial charge is 0.338 e. The Balaban J connectivity index is 1.72. The number of anilines is 2. The number of hydrogen-bond acceptors (Lipinski definition) is 6. The van der Waals surface area contributed by atoms with E-state index < -0.39 is 34.3 Å². The molecule has 0 spiro atoms. The average molecular weight is 496 g/mol. The van der Waals surface area contributed by atoms with Crippen LogP contribution >= 0.6 is 0 Å². The molecular weight excluding hydrogens is 473 g/mol. The van der Waals surface area contributed by atoms with Crippen LogP contribution in [0.15, 0.2) is 77.7 Å². The van der Waals surface area contributed by atoms with Gasteiger partial charge in [0.2, 0.25) is 0 Å². The number of halogens is 1. The van der Waals surface area contributed by atoms with Crippen LogP contribution in [-0.2, 0) is 19.6 Å². The summed E-state index contributed by atoms with van der Waals surface area (Å²) in [6.07, 6.45) is -0.0537. The second-order valence-electron chi connectivity index (χ2n) is 7.48. The van der Waals surface area contributed by atoms with E-state index in [1.807, 2.05) is 19.1 Å². The van der Waals surface area contributed by atoms with Gasteiger partial charge in [0.25, 0.3) is 15.9 Å². The molecule has 0 heterocycles. The van der Waals surface area contributed by atoms with Gasteiger partial charge in [0.1, 0.15) is 5.82 Å². The summed E-state index contributed by atoms with van der Waals surface area (Å²) in [5, 5.41) is 8.86. The summed E-state index contributed by atoms with van der Waals surface area (Å²) in [7, 11) is -3.99. The number of nitriles is 1. The molecule has 180 valence electrons. The minimum Gasteiger partial charge on any atom is -0.452 e. The molecule has 0 fully saturated rings. The maximum Gasteiger partial charge on any atom is 0.338 e. The Morgan fingerprint density at radius 2 is 1.80 bits per heavy atom. The first-order valence-electron chi connectivity index (χ1n) is 10.5. The SMILES string of the molecule is Cc1cccc(NS(=O)(=O)c2cccc(C(=O)OCC(=O)N(CCC#N)c3ccccc3F)c2)c1. The van der Waals surface area contributed by atoms with Gasteiger partial charge in [-0.2, -0.15) is 5.26 Å². The zero-order valence-electron chi connectivity index (χ0n) is 18.8. The molecule has 3 aromatic carbocycles. The van der Waals surface area contributed by atoms with Gasteiger partial charge < -0.3 is 9.64 Å². The molecule has 10 heteroatoms. The monoisotopic (exact) mass is 495 g/mol. The average Bonchev–Trinajstić information content (AvgIpc) is 2.83. The molecule has 3 rings (SSSR count). The summed E-state index contributed by atoms with van der Waals surface area (Å²) < 4.78 is 47.2. The number of para-hydroxylation sites is 1. The van der Waals surface area contributed by atoms with Crippen molar-refractivity contribution in [3.05, 3.63) is 89.7 Å². The van der Waals surface area contributed by atoms with E-state index >= 15 is 0 Å². The largest absolute Gasteiger partial charge is 0.452 e. The van der Waals surface area contributed by atoms with E-state index in [-0.39, 0.29) is 29.1 Å². The fraction of sp³-hybridized carbons (Fsp3) is 0.160. The zero-order valence-corrected chi connectivity index (χ0v) is 19.6. The topological polar surface area (TPSA) is 117 Å². The fourth-order valence-electron chi connectivity index (χ4n) is 3.21. The summed E-state index contributed by atoms with van der Waals surface area (Å²) >= 11 is 0. The zero-order chi connectivity index (χ0) is 25.4. The van der Waals surface area contributed by atoms with E-state index in [9.17, 15) is 22.4 Å². The van der Waals surface area contributed by atoms with Gasteiger partial charge in [0, 0.05) is 12.2 Å². The standard InChI is InChI=1S/C25H22FN3O5S/c1-18-7-4-9-20(15-18)28-35(32,33)21-10-5-8-19(16-21)25(31)34-17-24(30)29(14-6-13-27)23-12-3-2-11-22(23)26/h2-5,7-12,15-16,28H,6,14,17H2,1H3. The van der Waals surface area contributed by atoms with Crippen LogP contribution < -0.4 is 9.62 Å². The minimum absolute atomic E-state index is 0.0425. The number of nitrogens with one attached hydrogen (secondary N) is 1. The Morgan fingerprint density at radius 1 is 1.06 bits per heavy atom. The van der Waals surface area contributed by atoms with Gasteiger partial charge in [-0.3, -0.25) is 9.52 Å². The third-order valence-electron chi connectivity index (χ3n) is 4.87. The minimum atomic E-state index is -3.99. The van der Waals surface area contributed by atoms with Crippen LogP contribution in [0, 0.1) is 24.1 Å². The molecule has 0 aliphatic carbocycles. The molecule has 0 unspecified atom stereocenters. The second-order valence-corrected chi connectivity index (χ2v) is 9.17. The Morgan fingerprint density at radius 3 is 2.51 bits per heavy atom. The highest BCUT2D eigenvalue weighted by Gasteiger charge is 2.22. The fourth-order valence-corrected chi connectivity index (χ4v) is 4.31. The van der Waals surface area contributed by atoms with Gasteiger partial charge in [0.15, 0.2) is 6.61 Å². The van der Waals surface area contributed by atoms with E-state index in [1.54, 1.807) is 18.2 Å². The summed E-state index contributed by atoms with van der Waals surface area (Å²) in [4.78, 5) is 26.1. The van der Waals surface area contributed by atoms with Crippen LogP contribution in [0.25, 0.3) is 0 Å². The number of esters is 1. The van der Waals surface area contributed by atoms with Gasteiger partial charge in [-0.15, -0.1) is 0 Å². The number of rotatable bonds is 9. The van der Waals surface area contributed by atoms with Crippen LogP contribution in [0.4, 0.5) is 15.8 Å². The number of benzene rings is 3. The van der Waals surface area contributed by atoms with Gasteiger partial charge in [0.05, 0.1) is 28.6 Å². The van der Waals surface area contributed by atoms with Crippen molar-refractivity contribution in [2.24, 2.45) is 0 Å². The van der Waals surface area contributed by atoms with Gasteiger partial charge >= 0.3 is 5.97 Å². The van der Waals surface area contributed by atoms with E-state index in [0.29, 0.717) is 5.69 Å². The number of sulfonamides is 1. The van der Waals surface area contributed by atoms with E-state index in [2.05, 4.69) is 4.72 Å². The Hall–Kier alpha value is -4.23. The maximum absolute atomic E-state index is 14.2. The summed E-state index contributed by atoms with van der Waals surface area (Å²) in [5.74, 6) is -2.33. The molecule has 0 atom stereocenters. The number of carbonyl (C=O) groups excluding carboxylic acids is 2. The molecule has 35 heavy (non-hydrogen) atoms. The van der Waals surface area contributed by atoms with Crippen molar-refractivity contribution < 1.29 is 27.1 Å². The number of amides is 1. The third kappa shape index (κ3) is 6.65. The quantitative estimate of drug-likeness (QED) is 0.448. The van der Waals surface area contributed by atoms with Crippen molar-refractivity contribution in [2.75, 3.05) is 22.8 Å². The van der Waals surface area contributed by atoms with Crippen molar-refractivity contribution in [2.45, 2.75) is 18.2 Å². The molecule has 3 aromatic rings. The molecule has 1 N–H and O–H groups in total. The summed E-state index contributed by atoms with van der Waals surface area (Å²) in [5.41, 5.74) is 1.11. The van der Waals surface area contributed by atoms with Crippen molar-refractivity contribution in [3.63, 3.8) is 0 Å². The van der Waals surface area contributed by atoms with Gasteiger partial charge in [-0.1, -0.05) is 30.3 Å². The van der Waals surface area contributed by atoms with Crippen molar-refractivity contribution in [1.29, 1.82) is 5.26 Å². The third-order valence-corrected chi connectivity index (χ3v) is 6.25. The Kier molecular flexibility index (Phi) is 8.17. The predicted octanol–water partition coefficient (Wildman–Crippen LogP) is 4.04. The van der Waals surface area contributed by atoms with E-state index in [4.69, 9.17) is 10.00 Å². The molecule has 0 aliphatic rings. The predicted molar refractivity (Wildman–Crippen MR) is 128 cm³/mol. The van der Waals surface area contributed by atoms with Crippen LogP contribution in [0.5, 0.6) is 0 Å². The normalized spacial score (nSPS) is 10.8. The maximum atomic E-state index is 14.2. The van der Waals surface area contributed by atoms with E-state index in [0.717, 1.165) is 16.5 Å². The summed E-state index contributed by atoms with van der Waals surface area (Å²) in [6, 6.07) is 19.4. The van der Waals surface area contributed by atoms with Crippen LogP contribution in [0.2, 0.25) is 0 Å². The van der Waals surface area contributed by atoms with Crippen LogP contribution in [0.3, 0.4) is 0 Å². The first-order valence-corrected chi connectivity index (χ1v) is 12.0. The lowest BCUT2D eigenvalue weighted by Gasteiger charge is -2.22. The highest BCUT2D eigenvalue weighted by Crippen LogP contribution is 2.21. The Bertz CT molecular complexity index is 1390.